The summed E-state index contributed by atoms with van der Waals surface area (Å²) in [6, 6.07) is 8.11. The van der Waals surface area contributed by atoms with Crippen LogP contribution in [0.2, 0.25) is 0 Å². The molecule has 0 fully saturated rings. The van der Waals surface area contributed by atoms with E-state index in [1.165, 1.54) is 0 Å². The molecule has 17 heavy (non-hydrogen) atoms. The Hall–Kier alpha value is -1.55. The highest BCUT2D eigenvalue weighted by Crippen LogP contribution is 2.33. The van der Waals surface area contributed by atoms with Crippen LogP contribution in [0.3, 0.4) is 0 Å². The fourth-order valence-electron chi connectivity index (χ4n) is 1.98. The molecule has 3 rings (SSSR count). The molecule has 0 amide bonds. The molecule has 0 saturated carbocycles. The van der Waals surface area contributed by atoms with Crippen molar-refractivity contribution in [3.63, 3.8) is 0 Å². The first-order chi connectivity index (χ1) is 8.29. The molecule has 0 atom stereocenters. The lowest BCUT2D eigenvalue weighted by molar-refractivity contribution is 0.341. The van der Waals surface area contributed by atoms with Crippen LogP contribution in [0.15, 0.2) is 39.5 Å². The molecule has 3 nitrogen and oxygen atoms in total. The van der Waals surface area contributed by atoms with Crippen molar-refractivity contribution in [1.29, 1.82) is 0 Å². The Morgan fingerprint density at radius 1 is 1.29 bits per heavy atom. The summed E-state index contributed by atoms with van der Waals surface area (Å²) in [5, 5.41) is 7.21. The number of benzene rings is 2. The second-order valence-electron chi connectivity index (χ2n) is 3.75. The molecule has 3 aromatic rings. The zero-order valence-electron chi connectivity index (χ0n) is 9.24. The van der Waals surface area contributed by atoms with E-state index < -0.39 is 0 Å². The Kier molecular flexibility index (Phi) is 2.52. The summed E-state index contributed by atoms with van der Waals surface area (Å²) in [5.74, 6) is 0.766. The maximum atomic E-state index is 5.59. The normalized spacial score (nSPS) is 11.2. The summed E-state index contributed by atoms with van der Waals surface area (Å²) < 4.78 is 11.7. The van der Waals surface area contributed by atoms with Crippen molar-refractivity contribution in [3.05, 3.63) is 35.0 Å². The van der Waals surface area contributed by atoms with E-state index >= 15 is 0 Å². The monoisotopic (exact) mass is 291 g/mol. The summed E-state index contributed by atoms with van der Waals surface area (Å²) in [5.41, 5.74) is 0.779. The molecule has 0 spiro atoms. The summed E-state index contributed by atoms with van der Waals surface area (Å²) >= 11 is 3.47. The van der Waals surface area contributed by atoms with Gasteiger partial charge in [-0.1, -0.05) is 27.2 Å². The van der Waals surface area contributed by atoms with Crippen LogP contribution in [-0.4, -0.2) is 11.8 Å². The molecule has 0 bridgehead atoms. The van der Waals surface area contributed by atoms with E-state index in [1.54, 1.807) is 6.26 Å². The van der Waals surface area contributed by atoms with Gasteiger partial charge in [0.2, 0.25) is 0 Å². The van der Waals surface area contributed by atoms with Crippen LogP contribution in [-0.2, 0) is 0 Å². The summed E-state index contributed by atoms with van der Waals surface area (Å²) in [6.45, 7) is 2.57. The molecule has 4 heteroatoms. The maximum Gasteiger partial charge on any atom is 0.156 e. The quantitative estimate of drug-likeness (QED) is 0.712. The third-order valence-corrected chi connectivity index (χ3v) is 3.19. The van der Waals surface area contributed by atoms with Crippen LogP contribution >= 0.6 is 15.9 Å². The number of aromatic nitrogens is 1. The maximum absolute atomic E-state index is 5.59. The molecule has 0 N–H and O–H groups in total. The molecule has 0 radical (unpaired) electrons. The van der Waals surface area contributed by atoms with Gasteiger partial charge in [0, 0.05) is 4.47 Å². The predicted molar refractivity (Wildman–Crippen MR) is 70.4 cm³/mol. The largest absolute Gasteiger partial charge is 0.491 e. The molecule has 86 valence electrons. The number of halogens is 1. The summed E-state index contributed by atoms with van der Waals surface area (Å²) in [7, 11) is 0. The van der Waals surface area contributed by atoms with Crippen LogP contribution in [0.25, 0.3) is 21.7 Å². The number of hydrogen-bond acceptors (Lipinski definition) is 3. The Balaban J connectivity index is 2.42. The molecule has 0 unspecified atom stereocenters. The lowest BCUT2D eigenvalue weighted by atomic mass is 10.1. The van der Waals surface area contributed by atoms with E-state index in [0.29, 0.717) is 6.61 Å². The lowest BCUT2D eigenvalue weighted by Crippen LogP contribution is -1.92. The van der Waals surface area contributed by atoms with Crippen molar-refractivity contribution in [3.8, 4) is 5.75 Å². The van der Waals surface area contributed by atoms with Crippen molar-refractivity contribution in [2.75, 3.05) is 6.61 Å². The van der Waals surface area contributed by atoms with Crippen molar-refractivity contribution < 1.29 is 9.26 Å². The van der Waals surface area contributed by atoms with Crippen molar-refractivity contribution in [2.45, 2.75) is 6.92 Å². The van der Waals surface area contributed by atoms with E-state index in [-0.39, 0.29) is 0 Å². The van der Waals surface area contributed by atoms with Gasteiger partial charge >= 0.3 is 0 Å². The molecule has 1 aromatic heterocycles. The molecule has 0 aliphatic carbocycles. The van der Waals surface area contributed by atoms with Gasteiger partial charge in [0.25, 0.3) is 0 Å². The van der Waals surface area contributed by atoms with Gasteiger partial charge in [-0.05, 0) is 35.9 Å². The molecule has 0 aliphatic heterocycles. The fraction of sp³-hybridized carbons (Fsp3) is 0.154. The van der Waals surface area contributed by atoms with Gasteiger partial charge in [-0.25, -0.2) is 0 Å². The number of fused-ring (bicyclic) bond motifs is 3. The lowest BCUT2D eigenvalue weighted by Gasteiger charge is -2.06. The Labute approximate surface area is 106 Å². The zero-order chi connectivity index (χ0) is 11.8. The molecular formula is C13H10BrNO2. The van der Waals surface area contributed by atoms with E-state index in [1.807, 2.05) is 19.1 Å². The molecule has 1 heterocycles. The highest BCUT2D eigenvalue weighted by atomic mass is 79.9. The smallest absolute Gasteiger partial charge is 0.156 e. The van der Waals surface area contributed by atoms with E-state index in [0.717, 1.165) is 31.9 Å². The van der Waals surface area contributed by atoms with Crippen LogP contribution in [0.4, 0.5) is 0 Å². The van der Waals surface area contributed by atoms with Crippen LogP contribution in [0, 0.1) is 0 Å². The second kappa shape index (κ2) is 4.04. The third-order valence-electron chi connectivity index (χ3n) is 2.69. The topological polar surface area (TPSA) is 35.3 Å². The zero-order valence-corrected chi connectivity index (χ0v) is 10.8. The number of rotatable bonds is 2. The van der Waals surface area contributed by atoms with Gasteiger partial charge in [0.05, 0.1) is 12.0 Å². The number of hydrogen-bond donors (Lipinski definition) is 0. The minimum atomic E-state index is 0.613. The van der Waals surface area contributed by atoms with Gasteiger partial charge in [0.1, 0.15) is 12.0 Å². The van der Waals surface area contributed by atoms with Crippen LogP contribution < -0.4 is 4.74 Å². The first kappa shape index (κ1) is 10.6. The predicted octanol–water partition coefficient (Wildman–Crippen LogP) is 4.14. The Morgan fingerprint density at radius 3 is 3.00 bits per heavy atom. The molecule has 0 saturated heterocycles. The molecule has 0 aliphatic rings. The molecule has 2 aromatic carbocycles. The number of nitrogens with zero attached hydrogens (tertiary/aromatic N) is 1. The first-order valence-electron chi connectivity index (χ1n) is 5.38. The second-order valence-corrected chi connectivity index (χ2v) is 4.67. The minimum Gasteiger partial charge on any atom is -0.491 e. The summed E-state index contributed by atoms with van der Waals surface area (Å²) in [6.07, 6.45) is 1.66. The summed E-state index contributed by atoms with van der Waals surface area (Å²) in [4.78, 5) is 0. The van der Waals surface area contributed by atoms with Gasteiger partial charge < -0.3 is 9.26 Å². The van der Waals surface area contributed by atoms with Crippen molar-refractivity contribution >= 4 is 37.6 Å². The molecular weight excluding hydrogens is 282 g/mol. The van der Waals surface area contributed by atoms with Gasteiger partial charge in [0.15, 0.2) is 5.52 Å². The first-order valence-corrected chi connectivity index (χ1v) is 6.18. The fourth-order valence-corrected chi connectivity index (χ4v) is 2.36. The van der Waals surface area contributed by atoms with Crippen LogP contribution in [0.1, 0.15) is 6.92 Å². The minimum absolute atomic E-state index is 0.613. The van der Waals surface area contributed by atoms with Gasteiger partial charge in [-0.3, -0.25) is 0 Å². The van der Waals surface area contributed by atoms with Crippen molar-refractivity contribution in [1.82, 2.24) is 5.16 Å². The standard InChI is InChI=1S/C13H10BrNO2/c1-2-16-12-6-8-5-9(14)3-4-10(8)11-7-17-15-13(11)12/h3-7H,2H2,1H3. The van der Waals surface area contributed by atoms with E-state index in [9.17, 15) is 0 Å². The Morgan fingerprint density at radius 2 is 2.18 bits per heavy atom. The average molecular weight is 292 g/mol. The van der Waals surface area contributed by atoms with E-state index in [4.69, 9.17) is 9.26 Å². The van der Waals surface area contributed by atoms with Crippen LogP contribution in [0.5, 0.6) is 5.75 Å². The van der Waals surface area contributed by atoms with Gasteiger partial charge in [-0.15, -0.1) is 0 Å². The average Bonchev–Trinajstić information content (AvgIpc) is 2.78. The van der Waals surface area contributed by atoms with Gasteiger partial charge in [-0.2, -0.15) is 0 Å². The highest BCUT2D eigenvalue weighted by Gasteiger charge is 2.11. The number of ether oxygens (including phenoxy) is 1. The Bertz CT molecular complexity index is 690. The van der Waals surface area contributed by atoms with Crippen molar-refractivity contribution in [2.24, 2.45) is 0 Å². The third kappa shape index (κ3) is 1.69. The van der Waals surface area contributed by atoms with E-state index in [2.05, 4.69) is 33.2 Å². The highest BCUT2D eigenvalue weighted by molar-refractivity contribution is 9.10. The SMILES string of the molecule is CCOc1cc2cc(Br)ccc2c2conc12.